The van der Waals surface area contributed by atoms with E-state index in [1.54, 1.807) is 18.6 Å². The van der Waals surface area contributed by atoms with Crippen molar-refractivity contribution in [3.05, 3.63) is 151 Å². The maximum Gasteiger partial charge on any atom is 0.138 e. The Morgan fingerprint density at radius 1 is 0.595 bits per heavy atom. The van der Waals surface area contributed by atoms with E-state index in [4.69, 9.17) is 4.42 Å². The minimum Gasteiger partial charge on any atom is -0.456 e. The predicted molar refractivity (Wildman–Crippen MR) is 165 cm³/mol. The summed E-state index contributed by atoms with van der Waals surface area (Å²) in [6.45, 7) is 4.18. The Morgan fingerprint density at radius 2 is 1.38 bits per heavy atom. The van der Waals surface area contributed by atoms with Crippen molar-refractivity contribution in [2.45, 2.75) is 13.8 Å². The summed E-state index contributed by atoms with van der Waals surface area (Å²) in [5.74, 6) is 0.894. The van der Waals surface area contributed by atoms with Crippen LogP contribution in [0.2, 0.25) is 0 Å². The van der Waals surface area contributed by atoms with Crippen LogP contribution in [0, 0.1) is 26.0 Å². The van der Waals surface area contributed by atoms with Gasteiger partial charge in [-0.15, -0.1) is 71.3 Å². The fourth-order valence-corrected chi connectivity index (χ4v) is 4.73. The van der Waals surface area contributed by atoms with E-state index < -0.39 is 0 Å². The molecule has 0 amide bonds. The smallest absolute Gasteiger partial charge is 0.138 e. The molecule has 0 spiro atoms. The molecule has 4 aromatic heterocycles. The maximum atomic E-state index is 6.14. The van der Waals surface area contributed by atoms with Gasteiger partial charge < -0.3 is 14.4 Å². The fourth-order valence-electron chi connectivity index (χ4n) is 4.73. The Balaban J connectivity index is 0.000000228. The predicted octanol–water partition coefficient (Wildman–Crippen LogP) is 9.19. The van der Waals surface area contributed by atoms with Crippen LogP contribution in [0.25, 0.3) is 55.9 Å². The first kappa shape index (κ1) is 28.8. The summed E-state index contributed by atoms with van der Waals surface area (Å²) < 4.78 is 6.14. The maximum absolute atomic E-state index is 6.14. The summed E-state index contributed by atoms with van der Waals surface area (Å²) in [5, 5.41) is 1.12. The van der Waals surface area contributed by atoms with Crippen LogP contribution in [-0.4, -0.2) is 15.0 Å². The second-order valence-electron chi connectivity index (χ2n) is 9.70. The first-order valence-electron chi connectivity index (χ1n) is 13.4. The number of nitrogens with zero attached hydrogens (tertiary/aromatic N) is 3. The Bertz CT molecular complexity index is 1870. The average molecular weight is 722 g/mol. The number of rotatable bonds is 4. The van der Waals surface area contributed by atoms with Gasteiger partial charge in [0.15, 0.2) is 0 Å². The number of furan rings is 1. The summed E-state index contributed by atoms with van der Waals surface area (Å²) >= 11 is 0. The van der Waals surface area contributed by atoms with Gasteiger partial charge in [-0.1, -0.05) is 29.8 Å². The number of hydrogen-bond acceptors (Lipinski definition) is 4. The van der Waals surface area contributed by atoms with Crippen LogP contribution in [0.4, 0.5) is 0 Å². The molecule has 0 fully saturated rings. The van der Waals surface area contributed by atoms with Crippen molar-refractivity contribution in [2.75, 3.05) is 0 Å². The van der Waals surface area contributed by atoms with Gasteiger partial charge >= 0.3 is 0 Å². The van der Waals surface area contributed by atoms with E-state index in [1.165, 1.54) is 5.56 Å². The summed E-state index contributed by atoms with van der Waals surface area (Å²) in [7, 11) is 0. The summed E-state index contributed by atoms with van der Waals surface area (Å²) in [5.41, 5.74) is 10.5. The standard InChI is InChI=1S/C26H19N2O.C11H8N.Ir/c1-17-8-13-28-24(14-17)22-5-3-4-20(15-22)21-6-7-25-23(16-21)18(2)26(29-25)19-9-11-27-12-10-19;1-2-6-10(7-3-1)11-8-4-5-9-12-11;/h3-4,6-16H,1-2H3;1-6,8-9H;/q2*-1;. The van der Waals surface area contributed by atoms with Gasteiger partial charge in [0.25, 0.3) is 0 Å². The van der Waals surface area contributed by atoms with Gasteiger partial charge in [-0.3, -0.25) is 4.98 Å². The summed E-state index contributed by atoms with van der Waals surface area (Å²) in [4.78, 5) is 12.8. The van der Waals surface area contributed by atoms with Crippen molar-refractivity contribution >= 4 is 11.0 Å². The van der Waals surface area contributed by atoms with E-state index in [1.807, 2.05) is 79.0 Å². The third-order valence-electron chi connectivity index (χ3n) is 6.85. The Morgan fingerprint density at radius 3 is 2.14 bits per heavy atom. The molecule has 0 aliphatic heterocycles. The molecule has 0 saturated heterocycles. The molecule has 0 aliphatic carbocycles. The average Bonchev–Trinajstić information content (AvgIpc) is 3.38. The number of aromatic nitrogens is 3. The first-order valence-corrected chi connectivity index (χ1v) is 13.4. The molecule has 7 aromatic rings. The minimum atomic E-state index is 0. The van der Waals surface area contributed by atoms with Crippen molar-refractivity contribution in [1.29, 1.82) is 0 Å². The second kappa shape index (κ2) is 13.3. The second-order valence-corrected chi connectivity index (χ2v) is 9.70. The molecular formula is C37H27IrN3O-2. The van der Waals surface area contributed by atoms with Crippen molar-refractivity contribution in [2.24, 2.45) is 0 Å². The van der Waals surface area contributed by atoms with Crippen LogP contribution in [0.1, 0.15) is 11.1 Å². The van der Waals surface area contributed by atoms with Gasteiger partial charge in [0, 0.05) is 61.4 Å². The zero-order valence-corrected chi connectivity index (χ0v) is 25.6. The molecule has 4 nitrogen and oxygen atoms in total. The first-order chi connectivity index (χ1) is 20.2. The van der Waals surface area contributed by atoms with Crippen LogP contribution >= 0.6 is 0 Å². The molecule has 0 aliphatic rings. The number of pyridine rings is 3. The van der Waals surface area contributed by atoms with E-state index in [-0.39, 0.29) is 20.1 Å². The van der Waals surface area contributed by atoms with Crippen LogP contribution < -0.4 is 0 Å². The van der Waals surface area contributed by atoms with E-state index in [0.717, 1.165) is 61.5 Å². The summed E-state index contributed by atoms with van der Waals surface area (Å²) in [6.07, 6.45) is 7.20. The van der Waals surface area contributed by atoms with Gasteiger partial charge in [0.1, 0.15) is 11.3 Å². The molecule has 5 heteroatoms. The molecule has 7 rings (SSSR count). The Kier molecular flexibility index (Phi) is 9.13. The van der Waals surface area contributed by atoms with Crippen molar-refractivity contribution < 1.29 is 24.5 Å². The minimum absolute atomic E-state index is 0. The molecule has 0 atom stereocenters. The SMILES string of the molecule is Cc1ccnc(-c2[c-]ccc(-c3ccc4oc(-c5ccncc5)c(C)c4c3)c2)c1.[Ir].[c-]1ccccc1-c1ccccn1. The molecule has 42 heavy (non-hydrogen) atoms. The molecular weight excluding hydrogens is 695 g/mol. The molecule has 0 saturated carbocycles. The van der Waals surface area contributed by atoms with E-state index >= 15 is 0 Å². The van der Waals surface area contributed by atoms with Crippen LogP contribution in [0.15, 0.2) is 132 Å². The molecule has 3 aromatic carbocycles. The Hall–Kier alpha value is -4.70. The quantitative estimate of drug-likeness (QED) is 0.170. The van der Waals surface area contributed by atoms with Crippen LogP contribution in [0.5, 0.6) is 0 Å². The Labute approximate surface area is 259 Å². The molecule has 0 N–H and O–H groups in total. The van der Waals surface area contributed by atoms with Crippen LogP contribution in [0.3, 0.4) is 0 Å². The normalized spacial score (nSPS) is 10.4. The van der Waals surface area contributed by atoms with E-state index in [0.29, 0.717) is 0 Å². The fraction of sp³-hybridized carbons (Fsp3) is 0.0541. The van der Waals surface area contributed by atoms with Crippen molar-refractivity contribution in [3.63, 3.8) is 0 Å². The molecule has 4 heterocycles. The topological polar surface area (TPSA) is 51.8 Å². The zero-order valence-electron chi connectivity index (χ0n) is 23.2. The third-order valence-corrected chi connectivity index (χ3v) is 6.85. The molecule has 1 radical (unpaired) electrons. The van der Waals surface area contributed by atoms with Gasteiger partial charge in [-0.05, 0) is 67.2 Å². The number of fused-ring (bicyclic) bond motifs is 1. The molecule has 207 valence electrons. The van der Waals surface area contributed by atoms with Crippen molar-refractivity contribution in [3.8, 4) is 45.0 Å². The van der Waals surface area contributed by atoms with Gasteiger partial charge in [0.2, 0.25) is 0 Å². The van der Waals surface area contributed by atoms with Crippen LogP contribution in [-0.2, 0) is 20.1 Å². The summed E-state index contributed by atoms with van der Waals surface area (Å²) in [6, 6.07) is 40.7. The van der Waals surface area contributed by atoms with E-state index in [2.05, 4.69) is 71.3 Å². The number of hydrogen-bond donors (Lipinski definition) is 0. The van der Waals surface area contributed by atoms with Crippen molar-refractivity contribution in [1.82, 2.24) is 15.0 Å². The monoisotopic (exact) mass is 722 g/mol. The van der Waals surface area contributed by atoms with Gasteiger partial charge in [-0.2, -0.15) is 0 Å². The van der Waals surface area contributed by atoms with Gasteiger partial charge in [0.05, 0.1) is 0 Å². The molecule has 0 bridgehead atoms. The number of benzene rings is 3. The molecule has 0 unspecified atom stereocenters. The number of aryl methyl sites for hydroxylation is 2. The zero-order chi connectivity index (χ0) is 28.0. The largest absolute Gasteiger partial charge is 0.456 e. The van der Waals surface area contributed by atoms with E-state index in [9.17, 15) is 0 Å². The third kappa shape index (κ3) is 6.44. The van der Waals surface area contributed by atoms with Gasteiger partial charge in [-0.25, -0.2) is 0 Å².